The zero-order valence-corrected chi connectivity index (χ0v) is 12.3. The molecule has 0 atom stereocenters. The van der Waals surface area contributed by atoms with Crippen molar-refractivity contribution in [2.75, 3.05) is 19.5 Å². The predicted molar refractivity (Wildman–Crippen MR) is 80.6 cm³/mol. The minimum atomic E-state index is -0.283. The monoisotopic (exact) mass is 303 g/mol. The molecule has 3 rings (SSSR count). The average molecular weight is 303 g/mol. The lowest BCUT2D eigenvalue weighted by molar-refractivity contribution is 0.102. The van der Waals surface area contributed by atoms with E-state index >= 15 is 0 Å². The molecule has 0 radical (unpaired) electrons. The van der Waals surface area contributed by atoms with E-state index in [2.05, 4.69) is 10.3 Å². The Kier molecular flexibility index (Phi) is 3.49. The Morgan fingerprint density at radius 1 is 1.33 bits per heavy atom. The van der Waals surface area contributed by atoms with Gasteiger partial charge in [0, 0.05) is 23.8 Å². The Hall–Kier alpha value is -2.54. The number of fused-ring (bicyclic) bond motifs is 1. The minimum Gasteiger partial charge on any atom is -0.497 e. The van der Waals surface area contributed by atoms with Crippen molar-refractivity contribution in [2.24, 2.45) is 0 Å². The van der Waals surface area contributed by atoms with E-state index in [0.29, 0.717) is 22.9 Å². The van der Waals surface area contributed by atoms with E-state index in [1.165, 1.54) is 18.4 Å². The van der Waals surface area contributed by atoms with Crippen LogP contribution in [0.15, 0.2) is 36.0 Å². The zero-order chi connectivity index (χ0) is 14.8. The predicted octanol–water partition coefficient (Wildman–Crippen LogP) is 2.67. The number of hydrogen-bond acceptors (Lipinski definition) is 5. The molecule has 2 heterocycles. The molecular weight excluding hydrogens is 290 g/mol. The molecule has 7 heteroatoms. The number of imidazole rings is 1. The maximum Gasteiger partial charge on any atom is 0.276 e. The highest BCUT2D eigenvalue weighted by atomic mass is 32.1. The van der Waals surface area contributed by atoms with Gasteiger partial charge in [0.2, 0.25) is 0 Å². The lowest BCUT2D eigenvalue weighted by Crippen LogP contribution is -2.13. The molecule has 108 valence electrons. The van der Waals surface area contributed by atoms with Crippen molar-refractivity contribution < 1.29 is 14.3 Å². The average Bonchev–Trinajstić information content (AvgIpc) is 3.08. The fraction of sp³-hybridized carbons (Fsp3) is 0.143. The van der Waals surface area contributed by atoms with Crippen molar-refractivity contribution >= 4 is 27.9 Å². The van der Waals surface area contributed by atoms with Gasteiger partial charge >= 0.3 is 0 Å². The first-order valence-corrected chi connectivity index (χ1v) is 7.05. The second-order valence-corrected chi connectivity index (χ2v) is 5.11. The molecule has 3 aromatic rings. The standard InChI is InChI=1S/C14H13N3O3S/c1-19-9-3-4-10(12(7-9)20-2)15-13(18)11-8-17-5-6-21-14(17)16-11/h3-8H,1-2H3,(H,15,18). The Morgan fingerprint density at radius 3 is 2.90 bits per heavy atom. The first kappa shape index (κ1) is 13.4. The number of ether oxygens (including phenoxy) is 2. The molecule has 21 heavy (non-hydrogen) atoms. The summed E-state index contributed by atoms with van der Waals surface area (Å²) in [5, 5.41) is 4.70. The van der Waals surface area contributed by atoms with E-state index in [-0.39, 0.29) is 5.91 Å². The minimum absolute atomic E-state index is 0.283. The number of carbonyl (C=O) groups is 1. The third-order valence-electron chi connectivity index (χ3n) is 2.98. The largest absolute Gasteiger partial charge is 0.497 e. The fourth-order valence-corrected chi connectivity index (χ4v) is 2.63. The molecule has 0 aliphatic rings. The third-order valence-corrected chi connectivity index (χ3v) is 3.75. The van der Waals surface area contributed by atoms with Gasteiger partial charge in [0.1, 0.15) is 17.2 Å². The summed E-state index contributed by atoms with van der Waals surface area (Å²) in [6, 6.07) is 5.19. The molecule has 1 aromatic carbocycles. The maximum atomic E-state index is 12.2. The zero-order valence-electron chi connectivity index (χ0n) is 11.5. The third kappa shape index (κ3) is 2.55. The van der Waals surface area contributed by atoms with Gasteiger partial charge in [-0.15, -0.1) is 11.3 Å². The molecule has 0 saturated heterocycles. The molecule has 0 aliphatic carbocycles. The van der Waals surface area contributed by atoms with Crippen LogP contribution in [0.5, 0.6) is 11.5 Å². The molecule has 1 N–H and O–H groups in total. The SMILES string of the molecule is COc1ccc(NC(=O)c2cn3ccsc3n2)c(OC)c1. The van der Waals surface area contributed by atoms with Gasteiger partial charge in [-0.3, -0.25) is 9.20 Å². The number of hydrogen-bond donors (Lipinski definition) is 1. The van der Waals surface area contributed by atoms with Crippen molar-refractivity contribution in [1.82, 2.24) is 9.38 Å². The van der Waals surface area contributed by atoms with E-state index in [1.807, 2.05) is 16.0 Å². The number of aromatic nitrogens is 2. The summed E-state index contributed by atoms with van der Waals surface area (Å²) in [6.45, 7) is 0. The number of thiazole rings is 1. The molecule has 0 spiro atoms. The van der Waals surface area contributed by atoms with Crippen molar-refractivity contribution in [2.45, 2.75) is 0 Å². The smallest absolute Gasteiger partial charge is 0.276 e. The lowest BCUT2D eigenvalue weighted by atomic mass is 10.2. The van der Waals surface area contributed by atoms with Crippen molar-refractivity contribution in [3.05, 3.63) is 41.7 Å². The number of rotatable bonds is 4. The second-order valence-electron chi connectivity index (χ2n) is 4.24. The molecule has 0 fully saturated rings. The van der Waals surface area contributed by atoms with Gasteiger partial charge in [-0.1, -0.05) is 0 Å². The summed E-state index contributed by atoms with van der Waals surface area (Å²) in [5.41, 5.74) is 0.930. The van der Waals surface area contributed by atoms with Crippen LogP contribution in [-0.2, 0) is 0 Å². The van der Waals surface area contributed by atoms with E-state index in [9.17, 15) is 4.79 Å². The topological polar surface area (TPSA) is 64.9 Å². The normalized spacial score (nSPS) is 10.6. The van der Waals surface area contributed by atoms with Gasteiger partial charge in [0.25, 0.3) is 5.91 Å². The number of nitrogens with one attached hydrogen (secondary N) is 1. The molecule has 1 amide bonds. The van der Waals surface area contributed by atoms with Gasteiger partial charge in [-0.2, -0.15) is 0 Å². The van der Waals surface area contributed by atoms with Gasteiger partial charge in [0.05, 0.1) is 19.9 Å². The lowest BCUT2D eigenvalue weighted by Gasteiger charge is -2.10. The van der Waals surface area contributed by atoms with Crippen molar-refractivity contribution in [3.63, 3.8) is 0 Å². The summed E-state index contributed by atoms with van der Waals surface area (Å²) in [7, 11) is 3.11. The van der Waals surface area contributed by atoms with Gasteiger partial charge in [-0.05, 0) is 12.1 Å². The quantitative estimate of drug-likeness (QED) is 0.805. The van der Waals surface area contributed by atoms with Crippen LogP contribution in [0.4, 0.5) is 5.69 Å². The first-order chi connectivity index (χ1) is 10.2. The van der Waals surface area contributed by atoms with E-state index < -0.39 is 0 Å². The van der Waals surface area contributed by atoms with Crippen LogP contribution >= 0.6 is 11.3 Å². The summed E-state index contributed by atoms with van der Waals surface area (Å²) in [6.07, 6.45) is 3.55. The molecule has 0 unspecified atom stereocenters. The number of amides is 1. The first-order valence-electron chi connectivity index (χ1n) is 6.17. The van der Waals surface area contributed by atoms with E-state index in [4.69, 9.17) is 9.47 Å². The Balaban J connectivity index is 1.85. The number of anilines is 1. The Bertz CT molecular complexity index is 765. The fourth-order valence-electron chi connectivity index (χ4n) is 1.92. The molecule has 6 nitrogen and oxygen atoms in total. The Morgan fingerprint density at radius 2 is 2.19 bits per heavy atom. The summed E-state index contributed by atoms with van der Waals surface area (Å²) >= 11 is 1.48. The van der Waals surface area contributed by atoms with Crippen molar-refractivity contribution in [3.8, 4) is 11.5 Å². The Labute approximate surface area is 124 Å². The van der Waals surface area contributed by atoms with Crippen LogP contribution in [0.1, 0.15) is 10.5 Å². The van der Waals surface area contributed by atoms with Crippen molar-refractivity contribution in [1.29, 1.82) is 0 Å². The molecule has 0 bridgehead atoms. The van der Waals surface area contributed by atoms with Crippen LogP contribution in [-0.4, -0.2) is 29.5 Å². The number of benzene rings is 1. The highest BCUT2D eigenvalue weighted by molar-refractivity contribution is 7.15. The number of carbonyl (C=O) groups excluding carboxylic acids is 1. The van der Waals surface area contributed by atoms with Crippen LogP contribution in [0.25, 0.3) is 4.96 Å². The van der Waals surface area contributed by atoms with E-state index in [1.54, 1.807) is 31.5 Å². The van der Waals surface area contributed by atoms with Crippen LogP contribution in [0.3, 0.4) is 0 Å². The van der Waals surface area contributed by atoms with Crippen LogP contribution < -0.4 is 14.8 Å². The van der Waals surface area contributed by atoms with Gasteiger partial charge in [-0.25, -0.2) is 4.98 Å². The highest BCUT2D eigenvalue weighted by Crippen LogP contribution is 2.29. The molecule has 0 aliphatic heterocycles. The summed E-state index contributed by atoms with van der Waals surface area (Å²) < 4.78 is 12.2. The summed E-state index contributed by atoms with van der Waals surface area (Å²) in [5.74, 6) is 0.908. The van der Waals surface area contributed by atoms with Crippen LogP contribution in [0.2, 0.25) is 0 Å². The highest BCUT2D eigenvalue weighted by Gasteiger charge is 2.14. The maximum absolute atomic E-state index is 12.2. The summed E-state index contributed by atoms with van der Waals surface area (Å²) in [4.78, 5) is 17.3. The molecular formula is C14H13N3O3S. The number of nitrogens with zero attached hydrogens (tertiary/aromatic N) is 2. The van der Waals surface area contributed by atoms with Gasteiger partial charge < -0.3 is 14.8 Å². The molecule has 0 saturated carbocycles. The van der Waals surface area contributed by atoms with Crippen LogP contribution in [0, 0.1) is 0 Å². The number of methoxy groups -OCH3 is 2. The molecule has 2 aromatic heterocycles. The van der Waals surface area contributed by atoms with Gasteiger partial charge in [0.15, 0.2) is 4.96 Å². The second kappa shape index (κ2) is 5.45. The van der Waals surface area contributed by atoms with E-state index in [0.717, 1.165) is 4.96 Å².